The molecular formula is C12H20OS. The topological polar surface area (TPSA) is 9.23 Å². The molecule has 1 rings (SSSR count). The van der Waals surface area contributed by atoms with Crippen molar-refractivity contribution in [2.24, 2.45) is 0 Å². The van der Waals surface area contributed by atoms with Gasteiger partial charge in [-0.1, -0.05) is 27.7 Å². The van der Waals surface area contributed by atoms with E-state index in [4.69, 9.17) is 4.74 Å². The summed E-state index contributed by atoms with van der Waals surface area (Å²) in [5.74, 6) is 0. The van der Waals surface area contributed by atoms with Crippen molar-refractivity contribution in [2.75, 3.05) is 6.61 Å². The van der Waals surface area contributed by atoms with E-state index >= 15 is 0 Å². The van der Waals surface area contributed by atoms with Gasteiger partial charge in [0.2, 0.25) is 0 Å². The molecule has 0 spiro atoms. The number of rotatable bonds is 4. The first kappa shape index (κ1) is 11.7. The van der Waals surface area contributed by atoms with Crippen LogP contribution in [0.3, 0.4) is 0 Å². The molecule has 0 unspecified atom stereocenters. The molecule has 0 fully saturated rings. The fraction of sp³-hybridized carbons (Fsp3) is 0.667. The van der Waals surface area contributed by atoms with E-state index in [9.17, 15) is 0 Å². The molecular weight excluding hydrogens is 192 g/mol. The summed E-state index contributed by atoms with van der Waals surface area (Å²) in [6.07, 6.45) is 1.09. The normalized spacial score (nSPS) is 12.0. The Hall–Kier alpha value is -0.340. The Bertz CT molecular complexity index is 270. The predicted molar refractivity (Wildman–Crippen MR) is 63.0 cm³/mol. The lowest BCUT2D eigenvalue weighted by Crippen LogP contribution is -2.09. The maximum absolute atomic E-state index is 5.51. The van der Waals surface area contributed by atoms with Crippen molar-refractivity contribution in [3.8, 4) is 0 Å². The Morgan fingerprint density at radius 1 is 1.36 bits per heavy atom. The summed E-state index contributed by atoms with van der Waals surface area (Å²) in [5.41, 5.74) is 1.68. The minimum atomic E-state index is 0.263. The van der Waals surface area contributed by atoms with Gasteiger partial charge in [-0.15, -0.1) is 11.3 Å². The third kappa shape index (κ3) is 3.43. The molecule has 0 aromatic carbocycles. The van der Waals surface area contributed by atoms with E-state index in [1.54, 1.807) is 11.3 Å². The van der Waals surface area contributed by atoms with E-state index in [0.29, 0.717) is 0 Å². The zero-order chi connectivity index (χ0) is 10.6. The second-order valence-electron chi connectivity index (χ2n) is 4.60. The molecule has 1 heterocycles. The van der Waals surface area contributed by atoms with Crippen LogP contribution in [0.4, 0.5) is 0 Å². The molecule has 1 aromatic heterocycles. The van der Waals surface area contributed by atoms with Gasteiger partial charge in [0, 0.05) is 11.5 Å². The summed E-state index contributed by atoms with van der Waals surface area (Å²) in [7, 11) is 0. The molecule has 0 aliphatic rings. The first-order valence-corrected chi connectivity index (χ1v) is 6.07. The molecule has 0 amide bonds. The zero-order valence-electron chi connectivity index (χ0n) is 9.59. The van der Waals surface area contributed by atoms with Gasteiger partial charge in [0.05, 0.1) is 6.61 Å². The van der Waals surface area contributed by atoms with Gasteiger partial charge < -0.3 is 4.74 Å². The van der Waals surface area contributed by atoms with E-state index in [2.05, 4.69) is 39.1 Å². The van der Waals surface area contributed by atoms with Crippen LogP contribution in [-0.4, -0.2) is 6.61 Å². The lowest BCUT2D eigenvalue weighted by atomic mass is 9.89. The lowest BCUT2D eigenvalue weighted by Gasteiger charge is -2.15. The second-order valence-corrected chi connectivity index (χ2v) is 5.60. The van der Waals surface area contributed by atoms with Gasteiger partial charge >= 0.3 is 0 Å². The lowest BCUT2D eigenvalue weighted by molar-refractivity contribution is 0.123. The number of ether oxygens (including phenoxy) is 1. The average Bonchev–Trinajstić information content (AvgIpc) is 2.52. The monoisotopic (exact) mass is 212 g/mol. The van der Waals surface area contributed by atoms with Crippen LogP contribution in [-0.2, 0) is 16.8 Å². The highest BCUT2D eigenvalue weighted by atomic mass is 32.1. The molecule has 2 heteroatoms. The van der Waals surface area contributed by atoms with Crippen molar-refractivity contribution in [1.29, 1.82) is 0 Å². The van der Waals surface area contributed by atoms with Crippen LogP contribution in [0.5, 0.6) is 0 Å². The summed E-state index contributed by atoms with van der Waals surface area (Å²) in [6, 6.07) is 2.26. The van der Waals surface area contributed by atoms with Gasteiger partial charge in [0.15, 0.2) is 0 Å². The highest BCUT2D eigenvalue weighted by Gasteiger charge is 2.15. The molecule has 14 heavy (non-hydrogen) atoms. The average molecular weight is 212 g/mol. The van der Waals surface area contributed by atoms with Crippen LogP contribution in [0.25, 0.3) is 0 Å². The molecule has 0 bridgehead atoms. The summed E-state index contributed by atoms with van der Waals surface area (Å²) in [6.45, 7) is 10.5. The molecule has 0 N–H and O–H groups in total. The molecule has 0 aliphatic heterocycles. The third-order valence-corrected chi connectivity index (χ3v) is 3.02. The smallest absolute Gasteiger partial charge is 0.0809 e. The van der Waals surface area contributed by atoms with Crippen molar-refractivity contribution >= 4 is 11.3 Å². The first-order chi connectivity index (χ1) is 6.54. The zero-order valence-corrected chi connectivity index (χ0v) is 10.4. The highest BCUT2D eigenvalue weighted by molar-refractivity contribution is 7.10. The number of hydrogen-bond donors (Lipinski definition) is 0. The second kappa shape index (κ2) is 4.94. The van der Waals surface area contributed by atoms with E-state index in [1.165, 1.54) is 10.4 Å². The predicted octanol–water partition coefficient (Wildman–Crippen LogP) is 3.97. The quantitative estimate of drug-likeness (QED) is 0.686. The van der Waals surface area contributed by atoms with Crippen LogP contribution < -0.4 is 0 Å². The van der Waals surface area contributed by atoms with Crippen molar-refractivity contribution in [3.05, 3.63) is 21.9 Å². The fourth-order valence-corrected chi connectivity index (χ4v) is 2.21. The minimum Gasteiger partial charge on any atom is -0.376 e. The first-order valence-electron chi connectivity index (χ1n) is 5.19. The molecule has 0 atom stereocenters. The Labute approximate surface area is 91.1 Å². The van der Waals surface area contributed by atoms with Crippen LogP contribution in [0.2, 0.25) is 0 Å². The SMILES string of the molecule is CCCOCc1cc(C(C)(C)C)cs1. The number of hydrogen-bond acceptors (Lipinski definition) is 2. The Morgan fingerprint density at radius 2 is 2.07 bits per heavy atom. The molecule has 0 radical (unpaired) electrons. The van der Waals surface area contributed by atoms with Crippen molar-refractivity contribution in [1.82, 2.24) is 0 Å². The largest absolute Gasteiger partial charge is 0.376 e. The minimum absolute atomic E-state index is 0.263. The van der Waals surface area contributed by atoms with E-state index in [-0.39, 0.29) is 5.41 Å². The third-order valence-electron chi connectivity index (χ3n) is 2.11. The van der Waals surface area contributed by atoms with Crippen LogP contribution >= 0.6 is 11.3 Å². The standard InChI is InChI=1S/C12H20OS/c1-5-6-13-8-11-7-10(9-14-11)12(2,3)4/h7,9H,5-6,8H2,1-4H3. The van der Waals surface area contributed by atoms with Gasteiger partial charge in [-0.3, -0.25) is 0 Å². The maximum Gasteiger partial charge on any atom is 0.0809 e. The summed E-state index contributed by atoms with van der Waals surface area (Å²) in [5, 5.41) is 2.24. The number of thiophene rings is 1. The van der Waals surface area contributed by atoms with Crippen molar-refractivity contribution < 1.29 is 4.74 Å². The fourth-order valence-electron chi connectivity index (χ4n) is 1.17. The summed E-state index contributed by atoms with van der Waals surface area (Å²) in [4.78, 5) is 1.34. The molecule has 0 saturated carbocycles. The van der Waals surface area contributed by atoms with Crippen LogP contribution in [0.15, 0.2) is 11.4 Å². The molecule has 0 aliphatic carbocycles. The Morgan fingerprint density at radius 3 is 2.57 bits per heavy atom. The van der Waals surface area contributed by atoms with Crippen molar-refractivity contribution in [3.63, 3.8) is 0 Å². The maximum atomic E-state index is 5.51. The van der Waals surface area contributed by atoms with Gasteiger partial charge in [-0.05, 0) is 28.8 Å². The highest BCUT2D eigenvalue weighted by Crippen LogP contribution is 2.27. The van der Waals surface area contributed by atoms with Gasteiger partial charge in [0.1, 0.15) is 0 Å². The molecule has 0 saturated heterocycles. The van der Waals surface area contributed by atoms with Gasteiger partial charge in [-0.2, -0.15) is 0 Å². The van der Waals surface area contributed by atoms with Gasteiger partial charge in [-0.25, -0.2) is 0 Å². The Kier molecular flexibility index (Phi) is 4.14. The van der Waals surface area contributed by atoms with Crippen LogP contribution in [0.1, 0.15) is 44.6 Å². The summed E-state index contributed by atoms with van der Waals surface area (Å²) < 4.78 is 5.51. The molecule has 1 nitrogen and oxygen atoms in total. The van der Waals surface area contributed by atoms with E-state index < -0.39 is 0 Å². The van der Waals surface area contributed by atoms with E-state index in [0.717, 1.165) is 19.6 Å². The Balaban J connectivity index is 2.51. The van der Waals surface area contributed by atoms with Crippen LogP contribution in [0, 0.1) is 0 Å². The summed E-state index contributed by atoms with van der Waals surface area (Å²) >= 11 is 1.80. The molecule has 80 valence electrons. The van der Waals surface area contributed by atoms with E-state index in [1.807, 2.05) is 0 Å². The molecule has 1 aromatic rings. The van der Waals surface area contributed by atoms with Gasteiger partial charge in [0.25, 0.3) is 0 Å². The van der Waals surface area contributed by atoms with Crippen molar-refractivity contribution in [2.45, 2.75) is 46.1 Å².